The molecule has 0 atom stereocenters. The summed E-state index contributed by atoms with van der Waals surface area (Å²) >= 11 is 0. The lowest BCUT2D eigenvalue weighted by molar-refractivity contribution is -0.136. The van der Waals surface area contributed by atoms with Crippen molar-refractivity contribution in [3.05, 3.63) is 84.4 Å². The third-order valence-corrected chi connectivity index (χ3v) is 5.29. The molecule has 0 unspecified atom stereocenters. The van der Waals surface area contributed by atoms with Crippen molar-refractivity contribution in [3.63, 3.8) is 0 Å². The Balaban J connectivity index is 1.45. The number of anilines is 3. The molecule has 0 spiro atoms. The third kappa shape index (κ3) is 6.66. The Morgan fingerprint density at radius 2 is 1.32 bits per heavy atom. The minimum absolute atomic E-state index is 0.0182. The highest BCUT2D eigenvalue weighted by Gasteiger charge is 2.13. The fourth-order valence-electron chi connectivity index (χ4n) is 2.76. The number of hydrogen-bond acceptors (Lipinski definition) is 5. The number of benzene rings is 3. The van der Waals surface area contributed by atoms with Crippen LogP contribution < -0.4 is 21.1 Å². The maximum atomic E-state index is 12.1. The van der Waals surface area contributed by atoms with Crippen LogP contribution >= 0.6 is 0 Å². The highest BCUT2D eigenvalue weighted by molar-refractivity contribution is 7.89. The molecule has 0 aromatic heterocycles. The summed E-state index contributed by atoms with van der Waals surface area (Å²) in [6, 6.07) is 22.7. The van der Waals surface area contributed by atoms with Crippen LogP contribution in [0.15, 0.2) is 83.8 Å². The highest BCUT2D eigenvalue weighted by atomic mass is 32.2. The molecule has 0 saturated carbocycles. The van der Waals surface area contributed by atoms with Crippen LogP contribution in [0, 0.1) is 0 Å². The summed E-state index contributed by atoms with van der Waals surface area (Å²) in [5.74, 6) is -1.53. The Hall–Kier alpha value is -3.69. The smallest absolute Gasteiger partial charge is 0.313 e. The molecule has 8 nitrogen and oxygen atoms in total. The molecule has 3 aromatic carbocycles. The zero-order valence-electron chi connectivity index (χ0n) is 16.5. The van der Waals surface area contributed by atoms with Gasteiger partial charge in [0, 0.05) is 23.6 Å². The molecule has 5 N–H and O–H groups in total. The summed E-state index contributed by atoms with van der Waals surface area (Å²) in [5, 5.41) is 13.4. The first-order valence-electron chi connectivity index (χ1n) is 9.44. The standard InChI is InChI=1S/C22H22N4O4S/c23-31(29,30)20-12-6-16(7-13-20)14-15-24-21(27)22(28)26-19-10-8-18(9-11-19)25-17-4-2-1-3-5-17/h1-13,25H,14-15H2,(H,24,27)(H,26,28)(H2,23,29,30). The van der Waals surface area contributed by atoms with Gasteiger partial charge in [-0.05, 0) is 60.5 Å². The molecule has 2 amide bonds. The first-order chi connectivity index (χ1) is 14.8. The van der Waals surface area contributed by atoms with Gasteiger partial charge in [-0.25, -0.2) is 13.6 Å². The largest absolute Gasteiger partial charge is 0.356 e. The SMILES string of the molecule is NS(=O)(=O)c1ccc(CCNC(=O)C(=O)Nc2ccc(Nc3ccccc3)cc2)cc1. The third-order valence-electron chi connectivity index (χ3n) is 4.36. The van der Waals surface area contributed by atoms with E-state index in [-0.39, 0.29) is 11.4 Å². The predicted octanol–water partition coefficient (Wildman–Crippen LogP) is 2.37. The number of hydrogen-bond donors (Lipinski definition) is 4. The normalized spacial score (nSPS) is 10.9. The number of para-hydroxylation sites is 1. The van der Waals surface area contributed by atoms with Gasteiger partial charge < -0.3 is 16.0 Å². The van der Waals surface area contributed by atoms with Crippen molar-refractivity contribution >= 4 is 38.9 Å². The topological polar surface area (TPSA) is 130 Å². The summed E-state index contributed by atoms with van der Waals surface area (Å²) < 4.78 is 22.5. The van der Waals surface area contributed by atoms with Crippen LogP contribution in [-0.2, 0) is 26.0 Å². The monoisotopic (exact) mass is 438 g/mol. The molecule has 0 aliphatic heterocycles. The molecule has 160 valence electrons. The minimum Gasteiger partial charge on any atom is -0.356 e. The Morgan fingerprint density at radius 3 is 1.94 bits per heavy atom. The van der Waals surface area contributed by atoms with Gasteiger partial charge in [0.05, 0.1) is 4.90 Å². The van der Waals surface area contributed by atoms with Crippen LogP contribution in [0.25, 0.3) is 0 Å². The van der Waals surface area contributed by atoms with Crippen molar-refractivity contribution in [3.8, 4) is 0 Å². The molecule has 9 heteroatoms. The summed E-state index contributed by atoms with van der Waals surface area (Å²) in [6.45, 7) is 0.223. The number of carbonyl (C=O) groups is 2. The van der Waals surface area contributed by atoms with Gasteiger partial charge in [-0.3, -0.25) is 9.59 Å². The van der Waals surface area contributed by atoms with Crippen LogP contribution in [0.4, 0.5) is 17.1 Å². The van der Waals surface area contributed by atoms with Crippen LogP contribution in [0.2, 0.25) is 0 Å². The van der Waals surface area contributed by atoms with Crippen molar-refractivity contribution in [2.24, 2.45) is 5.14 Å². The van der Waals surface area contributed by atoms with Crippen LogP contribution in [0.3, 0.4) is 0 Å². The molecule has 0 bridgehead atoms. The Bertz CT molecular complexity index is 1150. The lowest BCUT2D eigenvalue weighted by Gasteiger charge is -2.09. The van der Waals surface area contributed by atoms with Gasteiger partial charge in [0.15, 0.2) is 0 Å². The van der Waals surface area contributed by atoms with Crippen molar-refractivity contribution in [2.75, 3.05) is 17.2 Å². The van der Waals surface area contributed by atoms with E-state index in [4.69, 9.17) is 5.14 Å². The fourth-order valence-corrected chi connectivity index (χ4v) is 3.27. The molecule has 0 aliphatic carbocycles. The van der Waals surface area contributed by atoms with E-state index in [1.54, 1.807) is 36.4 Å². The zero-order valence-corrected chi connectivity index (χ0v) is 17.4. The molecule has 0 radical (unpaired) electrons. The number of amides is 2. The van der Waals surface area contributed by atoms with Crippen LogP contribution in [0.5, 0.6) is 0 Å². The molecule has 0 aliphatic rings. The van der Waals surface area contributed by atoms with Crippen LogP contribution in [-0.4, -0.2) is 26.8 Å². The molecule has 0 saturated heterocycles. The van der Waals surface area contributed by atoms with E-state index < -0.39 is 21.8 Å². The molecule has 3 aromatic rings. The van der Waals surface area contributed by atoms with E-state index in [0.717, 1.165) is 16.9 Å². The summed E-state index contributed by atoms with van der Waals surface area (Å²) in [6.07, 6.45) is 0.434. The average molecular weight is 439 g/mol. The fraction of sp³-hybridized carbons (Fsp3) is 0.0909. The van der Waals surface area contributed by atoms with Gasteiger partial charge in [0.2, 0.25) is 10.0 Å². The highest BCUT2D eigenvalue weighted by Crippen LogP contribution is 2.18. The lowest BCUT2D eigenvalue weighted by Crippen LogP contribution is -2.36. The second-order valence-corrected chi connectivity index (χ2v) is 8.28. The average Bonchev–Trinajstić information content (AvgIpc) is 2.75. The van der Waals surface area contributed by atoms with Crippen LogP contribution in [0.1, 0.15) is 5.56 Å². The van der Waals surface area contributed by atoms with E-state index in [2.05, 4.69) is 16.0 Å². The molecule has 3 rings (SSSR count). The number of sulfonamides is 1. The van der Waals surface area contributed by atoms with Gasteiger partial charge in [0.25, 0.3) is 0 Å². The van der Waals surface area contributed by atoms with E-state index in [1.807, 2.05) is 30.3 Å². The second-order valence-electron chi connectivity index (χ2n) is 6.72. The van der Waals surface area contributed by atoms with E-state index in [9.17, 15) is 18.0 Å². The maximum Gasteiger partial charge on any atom is 0.313 e. The molecular formula is C22H22N4O4S. The summed E-state index contributed by atoms with van der Waals surface area (Å²) in [4.78, 5) is 24.1. The number of primary sulfonamides is 1. The minimum atomic E-state index is -3.74. The van der Waals surface area contributed by atoms with Crippen molar-refractivity contribution in [2.45, 2.75) is 11.3 Å². The van der Waals surface area contributed by atoms with Crippen molar-refractivity contribution in [1.29, 1.82) is 0 Å². The van der Waals surface area contributed by atoms with Gasteiger partial charge in [-0.15, -0.1) is 0 Å². The Kier molecular flexibility index (Phi) is 7.01. The number of rotatable bonds is 7. The second kappa shape index (κ2) is 9.88. The number of carbonyl (C=O) groups excluding carboxylic acids is 2. The van der Waals surface area contributed by atoms with Gasteiger partial charge >= 0.3 is 11.8 Å². The zero-order chi connectivity index (χ0) is 22.3. The molecular weight excluding hydrogens is 416 g/mol. The summed E-state index contributed by atoms with van der Waals surface area (Å²) in [7, 11) is -3.74. The van der Waals surface area contributed by atoms with Gasteiger partial charge in [-0.1, -0.05) is 30.3 Å². The predicted molar refractivity (Wildman–Crippen MR) is 119 cm³/mol. The van der Waals surface area contributed by atoms with Crippen molar-refractivity contribution in [1.82, 2.24) is 5.32 Å². The molecule has 0 heterocycles. The van der Waals surface area contributed by atoms with Gasteiger partial charge in [-0.2, -0.15) is 0 Å². The van der Waals surface area contributed by atoms with E-state index >= 15 is 0 Å². The number of nitrogens with two attached hydrogens (primary N) is 1. The quantitative estimate of drug-likeness (QED) is 0.421. The first kappa shape index (κ1) is 22.0. The summed E-state index contributed by atoms with van der Waals surface area (Å²) in [5.41, 5.74) is 3.09. The van der Waals surface area contributed by atoms with E-state index in [0.29, 0.717) is 12.1 Å². The lowest BCUT2D eigenvalue weighted by atomic mass is 10.1. The molecule has 31 heavy (non-hydrogen) atoms. The van der Waals surface area contributed by atoms with Crippen molar-refractivity contribution < 1.29 is 18.0 Å². The van der Waals surface area contributed by atoms with Gasteiger partial charge in [0.1, 0.15) is 0 Å². The number of nitrogens with one attached hydrogen (secondary N) is 3. The Morgan fingerprint density at radius 1 is 0.742 bits per heavy atom. The molecule has 0 fully saturated rings. The maximum absolute atomic E-state index is 12.1. The Labute approximate surface area is 180 Å². The first-order valence-corrected chi connectivity index (χ1v) is 11.0. The van der Waals surface area contributed by atoms with E-state index in [1.165, 1.54) is 12.1 Å².